The molecular weight excluding hydrogens is 470 g/mol. The van der Waals surface area contributed by atoms with Gasteiger partial charge in [0.15, 0.2) is 0 Å². The summed E-state index contributed by atoms with van der Waals surface area (Å²) in [5.74, 6) is -3.99. The SMILES string of the molecule is COP(=O)(OC)C(OC(=O)Cn1c(=O)c(F)cn([C@H]2CCCO2)c1=O)c1ccccc1Cl. The van der Waals surface area contributed by atoms with Crippen molar-refractivity contribution in [3.63, 3.8) is 0 Å². The number of ether oxygens (including phenoxy) is 2. The van der Waals surface area contributed by atoms with Gasteiger partial charge in [-0.05, 0) is 18.9 Å². The highest BCUT2D eigenvalue weighted by atomic mass is 35.5. The van der Waals surface area contributed by atoms with Crippen LogP contribution in [0.25, 0.3) is 0 Å². The van der Waals surface area contributed by atoms with Gasteiger partial charge in [0.2, 0.25) is 11.7 Å². The highest BCUT2D eigenvalue weighted by Gasteiger charge is 2.40. The third-order valence-corrected chi connectivity index (χ3v) is 7.19. The monoisotopic (exact) mass is 490 g/mol. The fraction of sp³-hybridized carbons (Fsp3) is 0.421. The van der Waals surface area contributed by atoms with Gasteiger partial charge in [-0.1, -0.05) is 29.8 Å². The molecule has 174 valence electrons. The lowest BCUT2D eigenvalue weighted by atomic mass is 10.2. The molecular formula is C19H21ClFN2O8P. The van der Waals surface area contributed by atoms with Crippen LogP contribution in [0.2, 0.25) is 5.02 Å². The molecule has 1 aliphatic rings. The smallest absolute Gasteiger partial charge is 0.375 e. The average Bonchev–Trinajstić information content (AvgIpc) is 3.32. The van der Waals surface area contributed by atoms with Crippen molar-refractivity contribution in [3.8, 4) is 0 Å². The van der Waals surface area contributed by atoms with Gasteiger partial charge in [0, 0.05) is 31.4 Å². The minimum atomic E-state index is -4.05. The first-order valence-electron chi connectivity index (χ1n) is 9.50. The molecule has 0 radical (unpaired) electrons. The van der Waals surface area contributed by atoms with Crippen LogP contribution in [0.1, 0.15) is 30.5 Å². The van der Waals surface area contributed by atoms with E-state index in [0.717, 1.165) is 25.0 Å². The van der Waals surface area contributed by atoms with Crippen LogP contribution in [-0.4, -0.2) is 35.9 Å². The number of hydrogen-bond donors (Lipinski definition) is 0. The van der Waals surface area contributed by atoms with Crippen molar-refractivity contribution in [1.82, 2.24) is 9.13 Å². The number of esters is 1. The van der Waals surface area contributed by atoms with Crippen LogP contribution in [0.3, 0.4) is 0 Å². The molecule has 2 aromatic rings. The molecule has 10 nitrogen and oxygen atoms in total. The molecule has 2 heterocycles. The van der Waals surface area contributed by atoms with E-state index < -0.39 is 49.2 Å². The summed E-state index contributed by atoms with van der Waals surface area (Å²) >= 11 is 6.15. The second-order valence-corrected chi connectivity index (χ2v) is 9.48. The van der Waals surface area contributed by atoms with Gasteiger partial charge in [-0.15, -0.1) is 0 Å². The third-order valence-electron chi connectivity index (χ3n) is 4.87. The Labute approximate surface area is 186 Å². The van der Waals surface area contributed by atoms with Gasteiger partial charge in [0.25, 0.3) is 5.56 Å². The van der Waals surface area contributed by atoms with Crippen LogP contribution in [0.4, 0.5) is 4.39 Å². The average molecular weight is 491 g/mol. The zero-order valence-corrected chi connectivity index (χ0v) is 18.9. The molecule has 1 aliphatic heterocycles. The number of benzene rings is 1. The standard InChI is InChI=1S/C19H21ClFN2O8P/c1-28-32(27,29-2)18(12-6-3-4-7-13(12)20)31-16(24)11-23-17(25)14(21)10-22(19(23)26)15-8-5-9-30-15/h3-4,6-7,10,15,18H,5,8-9,11H2,1-2H3/t15-,18?/m1/s1. The first-order chi connectivity index (χ1) is 15.2. The van der Waals surface area contributed by atoms with Crippen LogP contribution in [-0.2, 0) is 34.4 Å². The van der Waals surface area contributed by atoms with Crippen molar-refractivity contribution < 1.29 is 32.3 Å². The molecule has 0 aliphatic carbocycles. The van der Waals surface area contributed by atoms with Crippen molar-refractivity contribution in [2.45, 2.75) is 31.5 Å². The Morgan fingerprint density at radius 3 is 2.59 bits per heavy atom. The number of carbonyl (C=O) groups is 1. The molecule has 0 amide bonds. The van der Waals surface area contributed by atoms with Crippen LogP contribution in [0.5, 0.6) is 0 Å². The molecule has 1 fully saturated rings. The summed E-state index contributed by atoms with van der Waals surface area (Å²) in [6.07, 6.45) is 1.10. The van der Waals surface area contributed by atoms with E-state index in [9.17, 15) is 23.3 Å². The number of hydrogen-bond acceptors (Lipinski definition) is 8. The number of nitrogens with zero attached hydrogens (tertiary/aromatic N) is 2. The molecule has 2 atom stereocenters. The molecule has 3 rings (SSSR count). The van der Waals surface area contributed by atoms with Crippen molar-refractivity contribution in [2.24, 2.45) is 0 Å². The highest BCUT2D eigenvalue weighted by Crippen LogP contribution is 2.61. The minimum absolute atomic E-state index is 0.114. The fourth-order valence-corrected chi connectivity index (χ4v) is 4.90. The summed E-state index contributed by atoms with van der Waals surface area (Å²) in [6, 6.07) is 6.10. The molecule has 1 aromatic carbocycles. The molecule has 1 unspecified atom stereocenters. The van der Waals surface area contributed by atoms with Gasteiger partial charge in [-0.2, -0.15) is 4.39 Å². The lowest BCUT2D eigenvalue weighted by Gasteiger charge is -2.25. The summed E-state index contributed by atoms with van der Waals surface area (Å²) in [5.41, 5.74) is -2.13. The predicted octanol–water partition coefficient (Wildman–Crippen LogP) is 2.84. The van der Waals surface area contributed by atoms with Crippen LogP contribution < -0.4 is 11.2 Å². The van der Waals surface area contributed by atoms with E-state index in [1.807, 2.05) is 0 Å². The van der Waals surface area contributed by atoms with E-state index in [1.54, 1.807) is 12.1 Å². The number of carbonyl (C=O) groups excluding carboxylic acids is 1. The number of aromatic nitrogens is 2. The Balaban J connectivity index is 1.95. The van der Waals surface area contributed by atoms with Gasteiger partial charge >= 0.3 is 19.3 Å². The van der Waals surface area contributed by atoms with E-state index in [2.05, 4.69) is 0 Å². The summed E-state index contributed by atoms with van der Waals surface area (Å²) in [7, 11) is -1.86. The van der Waals surface area contributed by atoms with E-state index in [0.29, 0.717) is 24.0 Å². The summed E-state index contributed by atoms with van der Waals surface area (Å²) < 4.78 is 49.1. The molecule has 1 saturated heterocycles. The summed E-state index contributed by atoms with van der Waals surface area (Å²) in [6.45, 7) is -0.570. The van der Waals surface area contributed by atoms with Gasteiger partial charge in [-0.25, -0.2) is 9.36 Å². The summed E-state index contributed by atoms with van der Waals surface area (Å²) in [4.78, 5) is 37.6. The maximum Gasteiger partial charge on any atom is 0.375 e. The Bertz CT molecular complexity index is 1150. The maximum absolute atomic E-state index is 14.2. The second-order valence-electron chi connectivity index (χ2n) is 6.79. The Morgan fingerprint density at radius 2 is 2.00 bits per heavy atom. The Kier molecular flexibility index (Phi) is 7.68. The van der Waals surface area contributed by atoms with Crippen LogP contribution in [0.15, 0.2) is 40.1 Å². The Morgan fingerprint density at radius 1 is 1.31 bits per heavy atom. The van der Waals surface area contributed by atoms with E-state index in [1.165, 1.54) is 12.1 Å². The molecule has 0 saturated carbocycles. The quantitative estimate of drug-likeness (QED) is 0.410. The highest BCUT2D eigenvalue weighted by molar-refractivity contribution is 7.54. The minimum Gasteiger partial charge on any atom is -0.443 e. The molecule has 0 spiro atoms. The first-order valence-corrected chi connectivity index (χ1v) is 11.5. The largest absolute Gasteiger partial charge is 0.443 e. The summed E-state index contributed by atoms with van der Waals surface area (Å²) in [5, 5.41) is 0.114. The number of rotatable bonds is 8. The zero-order valence-electron chi connectivity index (χ0n) is 17.2. The molecule has 0 N–H and O–H groups in total. The maximum atomic E-state index is 14.2. The zero-order chi connectivity index (χ0) is 23.5. The van der Waals surface area contributed by atoms with Crippen molar-refractivity contribution in [2.75, 3.05) is 20.8 Å². The predicted molar refractivity (Wildman–Crippen MR) is 111 cm³/mol. The topological polar surface area (TPSA) is 115 Å². The Hall–Kier alpha value is -2.30. The number of halogens is 2. The third kappa shape index (κ3) is 4.87. The van der Waals surface area contributed by atoms with E-state index >= 15 is 0 Å². The molecule has 32 heavy (non-hydrogen) atoms. The lowest BCUT2D eigenvalue weighted by molar-refractivity contribution is -0.147. The van der Waals surface area contributed by atoms with Crippen molar-refractivity contribution in [3.05, 3.63) is 67.7 Å². The van der Waals surface area contributed by atoms with Gasteiger partial charge in [0.05, 0.1) is 6.20 Å². The molecule has 1 aromatic heterocycles. The molecule has 13 heteroatoms. The fourth-order valence-electron chi connectivity index (χ4n) is 3.24. The normalized spacial score (nSPS) is 17.3. The van der Waals surface area contributed by atoms with Crippen LogP contribution in [0, 0.1) is 5.82 Å². The lowest BCUT2D eigenvalue weighted by Crippen LogP contribution is -2.44. The van der Waals surface area contributed by atoms with Gasteiger partial charge in [-0.3, -0.25) is 18.7 Å². The van der Waals surface area contributed by atoms with Gasteiger partial charge in [0.1, 0.15) is 12.8 Å². The van der Waals surface area contributed by atoms with Gasteiger partial charge < -0.3 is 18.5 Å². The first kappa shape index (κ1) is 24.3. The van der Waals surface area contributed by atoms with E-state index in [-0.39, 0.29) is 10.6 Å². The van der Waals surface area contributed by atoms with Crippen molar-refractivity contribution in [1.29, 1.82) is 0 Å². The van der Waals surface area contributed by atoms with Crippen LogP contribution >= 0.6 is 19.2 Å². The second kappa shape index (κ2) is 10.1. The van der Waals surface area contributed by atoms with Crippen molar-refractivity contribution >= 4 is 25.2 Å². The van der Waals surface area contributed by atoms with E-state index in [4.69, 9.17) is 30.1 Å². The molecule has 0 bridgehead atoms.